The third-order valence-corrected chi connectivity index (χ3v) is 5.77. The van der Waals surface area contributed by atoms with Crippen molar-refractivity contribution in [2.24, 2.45) is 0 Å². The summed E-state index contributed by atoms with van der Waals surface area (Å²) in [6.07, 6.45) is 8.15. The van der Waals surface area contributed by atoms with Crippen molar-refractivity contribution in [3.05, 3.63) is 107 Å². The molecule has 0 fully saturated rings. The van der Waals surface area contributed by atoms with E-state index in [0.717, 1.165) is 11.3 Å². The molecular formula is C31H36N5NaO9. The van der Waals surface area contributed by atoms with Crippen LogP contribution in [0.4, 0.5) is 0 Å². The van der Waals surface area contributed by atoms with E-state index >= 15 is 0 Å². The molecule has 0 atom stereocenters. The van der Waals surface area contributed by atoms with E-state index in [-0.39, 0.29) is 61.2 Å². The molecule has 0 aromatic carbocycles. The van der Waals surface area contributed by atoms with Crippen molar-refractivity contribution in [3.8, 4) is 17.6 Å². The molecule has 4 rings (SSSR count). The van der Waals surface area contributed by atoms with E-state index in [4.69, 9.17) is 38.8 Å². The summed E-state index contributed by atoms with van der Waals surface area (Å²) in [6.45, 7) is 0.448. The van der Waals surface area contributed by atoms with Crippen LogP contribution in [0.5, 0.6) is 11.5 Å². The van der Waals surface area contributed by atoms with Gasteiger partial charge in [-0.05, 0) is 36.4 Å². The molecule has 14 nitrogen and oxygen atoms in total. The van der Waals surface area contributed by atoms with E-state index in [0.29, 0.717) is 28.3 Å². The Morgan fingerprint density at radius 1 is 0.761 bits per heavy atom. The molecule has 0 aliphatic rings. The Bertz CT molecular complexity index is 1480. The van der Waals surface area contributed by atoms with Gasteiger partial charge in [0.15, 0.2) is 12.6 Å². The van der Waals surface area contributed by atoms with Gasteiger partial charge in [-0.3, -0.25) is 19.9 Å². The van der Waals surface area contributed by atoms with Crippen molar-refractivity contribution in [2.75, 3.05) is 28.4 Å². The second kappa shape index (κ2) is 22.5. The molecular weight excluding hydrogens is 609 g/mol. The second-order valence-corrected chi connectivity index (χ2v) is 8.50. The Balaban J connectivity index is 0.000000827. The maximum absolute atomic E-state index is 10.8. The maximum Gasteiger partial charge on any atom is 1.00 e. The van der Waals surface area contributed by atoms with Crippen LogP contribution in [0, 0.1) is 11.3 Å². The molecule has 240 valence electrons. The number of hydrogen-bond acceptors (Lipinski definition) is 13. The van der Waals surface area contributed by atoms with E-state index in [9.17, 15) is 4.79 Å². The number of ether oxygens (including phenoxy) is 6. The standard InChI is InChI=1S/C15H15N3O3.C15H16N2O5.CH4.Na.H2O/c1-19-15(20-2)13-5-6-17-9-14(13)21-10-12-4-3-11(7-16)8-18-12;1-20-15(21-2)12-5-6-16-8-13(12)22-9-11-4-3-10(7-17-11)14(18)19;;;/h3-6,8-9,15H,10H2,1-2H3;3-8,15H,9H2,1-2H3,(H,18,19);1H4;;1H2/q;;;+1;/p-1. The van der Waals surface area contributed by atoms with Crippen molar-refractivity contribution in [1.82, 2.24) is 19.9 Å². The van der Waals surface area contributed by atoms with Crippen molar-refractivity contribution in [3.63, 3.8) is 0 Å². The van der Waals surface area contributed by atoms with Crippen LogP contribution < -0.4 is 39.0 Å². The molecule has 0 spiro atoms. The molecule has 0 saturated heterocycles. The van der Waals surface area contributed by atoms with Gasteiger partial charge < -0.3 is 39.0 Å². The van der Waals surface area contributed by atoms with Crippen molar-refractivity contribution in [2.45, 2.75) is 33.2 Å². The van der Waals surface area contributed by atoms with E-state index in [2.05, 4.69) is 19.9 Å². The smallest absolute Gasteiger partial charge is 0.870 e. The van der Waals surface area contributed by atoms with E-state index in [1.54, 1.807) is 69.3 Å². The van der Waals surface area contributed by atoms with Gasteiger partial charge in [0.1, 0.15) is 30.8 Å². The summed E-state index contributed by atoms with van der Waals surface area (Å²) in [5.74, 6) is 0.0650. The second-order valence-electron chi connectivity index (χ2n) is 8.50. The summed E-state index contributed by atoms with van der Waals surface area (Å²) >= 11 is 0. The minimum absolute atomic E-state index is 0. The molecule has 0 aliphatic carbocycles. The molecule has 0 radical (unpaired) electrons. The molecule has 0 bridgehead atoms. The summed E-state index contributed by atoms with van der Waals surface area (Å²) in [7, 11) is 6.18. The van der Waals surface area contributed by atoms with E-state index in [1.807, 2.05) is 6.07 Å². The maximum atomic E-state index is 10.8. The molecule has 4 aromatic heterocycles. The van der Waals surface area contributed by atoms with Gasteiger partial charge in [0.25, 0.3) is 0 Å². The minimum Gasteiger partial charge on any atom is -0.870 e. The van der Waals surface area contributed by atoms with Crippen LogP contribution in [0.25, 0.3) is 0 Å². The Labute approximate surface area is 289 Å². The van der Waals surface area contributed by atoms with Crippen LogP contribution in [0.3, 0.4) is 0 Å². The van der Waals surface area contributed by atoms with Crippen LogP contribution in [0.2, 0.25) is 0 Å². The van der Waals surface area contributed by atoms with Crippen LogP contribution in [0.15, 0.2) is 73.6 Å². The summed E-state index contributed by atoms with van der Waals surface area (Å²) in [6, 6.07) is 12.1. The average Bonchev–Trinajstić information content (AvgIpc) is 3.05. The van der Waals surface area contributed by atoms with E-state index in [1.165, 1.54) is 32.7 Å². The van der Waals surface area contributed by atoms with Crippen molar-refractivity contribution in [1.29, 1.82) is 5.26 Å². The number of aromatic nitrogens is 4. The molecule has 0 saturated carbocycles. The Kier molecular flexibility index (Phi) is 20.5. The third-order valence-electron chi connectivity index (χ3n) is 5.77. The van der Waals surface area contributed by atoms with Gasteiger partial charge in [0, 0.05) is 53.2 Å². The molecule has 46 heavy (non-hydrogen) atoms. The first-order valence-corrected chi connectivity index (χ1v) is 12.7. The molecule has 15 heteroatoms. The number of rotatable bonds is 13. The zero-order valence-electron chi connectivity index (χ0n) is 25.5. The first-order chi connectivity index (χ1) is 20.9. The topological polar surface area (TPSA) is 198 Å². The number of carboxylic acid groups (broad SMARTS) is 1. The Morgan fingerprint density at radius 2 is 1.22 bits per heavy atom. The summed E-state index contributed by atoms with van der Waals surface area (Å²) in [4.78, 5) is 27.0. The van der Waals surface area contributed by atoms with Gasteiger partial charge in [-0.25, -0.2) is 4.79 Å². The van der Waals surface area contributed by atoms with Crippen LogP contribution in [-0.2, 0) is 32.2 Å². The summed E-state index contributed by atoms with van der Waals surface area (Å²) < 4.78 is 32.3. The number of pyridine rings is 4. The quantitative estimate of drug-likeness (QED) is 0.163. The fourth-order valence-corrected chi connectivity index (χ4v) is 3.63. The third kappa shape index (κ3) is 12.4. The normalized spacial score (nSPS) is 9.85. The number of carbonyl (C=O) groups is 1. The van der Waals surface area contributed by atoms with Crippen molar-refractivity contribution >= 4 is 5.97 Å². The SMILES string of the molecule is C.COC(OC)c1ccncc1OCc1ccc(C#N)cn1.COC(OC)c1ccncc1OCc1ccc(C(=O)O)cn1.[Na+].[OH-]. The Morgan fingerprint density at radius 3 is 1.57 bits per heavy atom. The summed E-state index contributed by atoms with van der Waals surface area (Å²) in [5.41, 5.74) is 3.43. The fraction of sp³-hybridized carbons (Fsp3) is 0.290. The number of carboxylic acids is 1. The van der Waals surface area contributed by atoms with E-state index < -0.39 is 18.5 Å². The van der Waals surface area contributed by atoms with Crippen LogP contribution in [-0.4, -0.2) is 64.9 Å². The fourth-order valence-electron chi connectivity index (χ4n) is 3.63. The van der Waals surface area contributed by atoms with Gasteiger partial charge in [-0.15, -0.1) is 0 Å². The predicted molar refractivity (Wildman–Crippen MR) is 159 cm³/mol. The molecule has 0 aliphatic heterocycles. The zero-order chi connectivity index (χ0) is 31.0. The van der Waals surface area contributed by atoms with Gasteiger partial charge in [-0.2, -0.15) is 5.26 Å². The number of nitriles is 1. The van der Waals surface area contributed by atoms with Gasteiger partial charge in [-0.1, -0.05) is 7.43 Å². The number of hydrogen-bond donors (Lipinski definition) is 1. The zero-order valence-corrected chi connectivity index (χ0v) is 27.5. The first-order valence-electron chi connectivity index (χ1n) is 12.7. The van der Waals surface area contributed by atoms with Crippen LogP contribution in [0.1, 0.15) is 58.4 Å². The average molecular weight is 646 g/mol. The Hall–Kier alpha value is -4.04. The van der Waals surface area contributed by atoms with Gasteiger partial charge in [0.05, 0.1) is 46.0 Å². The van der Waals surface area contributed by atoms with Gasteiger partial charge >= 0.3 is 35.5 Å². The molecule has 0 amide bonds. The molecule has 2 N–H and O–H groups in total. The van der Waals surface area contributed by atoms with Gasteiger partial charge in [0.2, 0.25) is 0 Å². The minimum atomic E-state index is -1.02. The van der Waals surface area contributed by atoms with Crippen molar-refractivity contribution < 1.29 is 73.4 Å². The molecule has 4 heterocycles. The predicted octanol–water partition coefficient (Wildman–Crippen LogP) is 1.73. The molecule has 4 aromatic rings. The first kappa shape index (κ1) is 42.0. The number of aromatic carboxylic acids is 1. The largest absolute Gasteiger partial charge is 1.00 e. The monoisotopic (exact) mass is 645 g/mol. The molecule has 0 unspecified atom stereocenters. The summed E-state index contributed by atoms with van der Waals surface area (Å²) in [5, 5.41) is 17.6. The number of methoxy groups -OCH3 is 4. The number of nitrogens with zero attached hydrogens (tertiary/aromatic N) is 5. The van der Waals surface area contributed by atoms with Crippen LogP contribution >= 0.6 is 0 Å².